The molecule has 1 N–H and O–H groups in total. The lowest BCUT2D eigenvalue weighted by Gasteiger charge is -2.25. The fraction of sp³-hybridized carbons (Fsp3) is 0.562. The van der Waals surface area contributed by atoms with E-state index in [0.29, 0.717) is 5.92 Å². The lowest BCUT2D eigenvalue weighted by Crippen LogP contribution is -2.44. The normalized spacial score (nSPS) is 29.3. The van der Waals surface area contributed by atoms with Gasteiger partial charge >= 0.3 is 0 Å². The highest BCUT2D eigenvalue weighted by molar-refractivity contribution is 5.97. The predicted molar refractivity (Wildman–Crippen MR) is 77.2 cm³/mol. The molecule has 1 saturated carbocycles. The van der Waals surface area contributed by atoms with Crippen molar-refractivity contribution in [3.05, 3.63) is 29.8 Å². The number of likely N-dealkylation sites (N-methyl/N-ethyl adjacent to an activating group) is 1. The molecule has 1 amide bonds. The SMILES string of the molecule is Cc1cccc(N(C)C(=O)C2NCC3CCCC32)c1. The summed E-state index contributed by atoms with van der Waals surface area (Å²) in [5, 5.41) is 3.43. The number of rotatable bonds is 2. The molecule has 1 aliphatic carbocycles. The van der Waals surface area contributed by atoms with Crippen molar-refractivity contribution in [2.75, 3.05) is 18.5 Å². The summed E-state index contributed by atoms with van der Waals surface area (Å²) >= 11 is 0. The number of benzene rings is 1. The van der Waals surface area contributed by atoms with Crippen molar-refractivity contribution in [2.24, 2.45) is 11.8 Å². The van der Waals surface area contributed by atoms with Gasteiger partial charge in [-0.3, -0.25) is 4.79 Å². The maximum absolute atomic E-state index is 12.7. The largest absolute Gasteiger partial charge is 0.314 e. The third-order valence-corrected chi connectivity index (χ3v) is 4.73. The van der Waals surface area contributed by atoms with Gasteiger partial charge in [-0.2, -0.15) is 0 Å². The molecule has 3 atom stereocenters. The number of nitrogens with one attached hydrogen (secondary N) is 1. The Labute approximate surface area is 115 Å². The summed E-state index contributed by atoms with van der Waals surface area (Å²) in [7, 11) is 1.89. The first-order chi connectivity index (χ1) is 9.16. The number of hydrogen-bond donors (Lipinski definition) is 1. The lowest BCUT2D eigenvalue weighted by molar-refractivity contribution is -0.120. The van der Waals surface area contributed by atoms with Gasteiger partial charge in [-0.25, -0.2) is 0 Å². The second kappa shape index (κ2) is 4.97. The molecule has 1 aromatic rings. The van der Waals surface area contributed by atoms with Gasteiger partial charge in [0.1, 0.15) is 0 Å². The Morgan fingerprint density at radius 1 is 1.37 bits per heavy atom. The zero-order chi connectivity index (χ0) is 13.4. The molecule has 0 aromatic heterocycles. The highest BCUT2D eigenvalue weighted by atomic mass is 16.2. The molecule has 2 fully saturated rings. The molecule has 19 heavy (non-hydrogen) atoms. The van der Waals surface area contributed by atoms with E-state index < -0.39 is 0 Å². The smallest absolute Gasteiger partial charge is 0.244 e. The molecule has 1 heterocycles. The highest BCUT2D eigenvalue weighted by Crippen LogP contribution is 2.38. The van der Waals surface area contributed by atoms with Gasteiger partial charge in [0.05, 0.1) is 6.04 Å². The minimum absolute atomic E-state index is 0.0259. The van der Waals surface area contributed by atoms with E-state index >= 15 is 0 Å². The monoisotopic (exact) mass is 258 g/mol. The maximum atomic E-state index is 12.7. The Hall–Kier alpha value is -1.35. The van der Waals surface area contributed by atoms with Crippen molar-refractivity contribution in [2.45, 2.75) is 32.2 Å². The van der Waals surface area contributed by atoms with E-state index in [9.17, 15) is 4.79 Å². The average molecular weight is 258 g/mol. The highest BCUT2D eigenvalue weighted by Gasteiger charge is 2.43. The summed E-state index contributed by atoms with van der Waals surface area (Å²) in [6.07, 6.45) is 3.78. The summed E-state index contributed by atoms with van der Waals surface area (Å²) in [4.78, 5) is 14.5. The van der Waals surface area contributed by atoms with Crippen molar-refractivity contribution >= 4 is 11.6 Å². The predicted octanol–water partition coefficient (Wildman–Crippen LogP) is 2.35. The maximum Gasteiger partial charge on any atom is 0.244 e. The van der Waals surface area contributed by atoms with Gasteiger partial charge in [-0.15, -0.1) is 0 Å². The van der Waals surface area contributed by atoms with Gasteiger partial charge in [0, 0.05) is 12.7 Å². The van der Waals surface area contributed by atoms with Crippen LogP contribution < -0.4 is 10.2 Å². The third kappa shape index (κ3) is 2.27. The second-order valence-electron chi connectivity index (χ2n) is 5.98. The Morgan fingerprint density at radius 3 is 3.00 bits per heavy atom. The van der Waals surface area contributed by atoms with Crippen molar-refractivity contribution in [3.8, 4) is 0 Å². The standard InChI is InChI=1S/C16H22N2O/c1-11-5-3-7-13(9-11)18(2)16(19)15-14-8-4-6-12(14)10-17-15/h3,5,7,9,12,14-15,17H,4,6,8,10H2,1-2H3. The van der Waals surface area contributed by atoms with Crippen molar-refractivity contribution in [3.63, 3.8) is 0 Å². The first-order valence-corrected chi connectivity index (χ1v) is 7.24. The van der Waals surface area contributed by atoms with Crippen LogP contribution in [-0.2, 0) is 4.79 Å². The van der Waals surface area contributed by atoms with Crippen LogP contribution in [0.25, 0.3) is 0 Å². The average Bonchev–Trinajstić information content (AvgIpc) is 2.99. The first-order valence-electron chi connectivity index (χ1n) is 7.24. The third-order valence-electron chi connectivity index (χ3n) is 4.73. The van der Waals surface area contributed by atoms with E-state index in [1.165, 1.54) is 24.8 Å². The van der Waals surface area contributed by atoms with Gasteiger partial charge in [0.15, 0.2) is 0 Å². The van der Waals surface area contributed by atoms with E-state index in [1.807, 2.05) is 24.1 Å². The molecule has 3 nitrogen and oxygen atoms in total. The van der Waals surface area contributed by atoms with Crippen LogP contribution in [0.1, 0.15) is 24.8 Å². The Morgan fingerprint density at radius 2 is 2.21 bits per heavy atom. The molecule has 1 saturated heterocycles. The molecule has 2 aliphatic rings. The van der Waals surface area contributed by atoms with Gasteiger partial charge in [0.2, 0.25) is 5.91 Å². The van der Waals surface area contributed by atoms with Gasteiger partial charge < -0.3 is 10.2 Å². The summed E-state index contributed by atoms with van der Waals surface area (Å²) in [5.41, 5.74) is 2.18. The lowest BCUT2D eigenvalue weighted by atomic mass is 9.93. The summed E-state index contributed by atoms with van der Waals surface area (Å²) in [6, 6.07) is 8.17. The van der Waals surface area contributed by atoms with Crippen molar-refractivity contribution in [1.29, 1.82) is 0 Å². The van der Waals surface area contributed by atoms with Crippen LogP contribution in [0.15, 0.2) is 24.3 Å². The van der Waals surface area contributed by atoms with E-state index in [0.717, 1.165) is 18.2 Å². The van der Waals surface area contributed by atoms with Crippen LogP contribution in [0.5, 0.6) is 0 Å². The van der Waals surface area contributed by atoms with Crippen LogP contribution in [0.3, 0.4) is 0 Å². The first kappa shape index (κ1) is 12.7. The van der Waals surface area contributed by atoms with E-state index in [1.54, 1.807) is 0 Å². The zero-order valence-corrected chi connectivity index (χ0v) is 11.7. The zero-order valence-electron chi connectivity index (χ0n) is 11.7. The number of fused-ring (bicyclic) bond motifs is 1. The molecule has 102 valence electrons. The molecule has 1 aromatic carbocycles. The number of carbonyl (C=O) groups is 1. The second-order valence-corrected chi connectivity index (χ2v) is 5.98. The number of nitrogens with zero attached hydrogens (tertiary/aromatic N) is 1. The van der Waals surface area contributed by atoms with Crippen LogP contribution >= 0.6 is 0 Å². The van der Waals surface area contributed by atoms with Gasteiger partial charge in [0.25, 0.3) is 0 Å². The van der Waals surface area contributed by atoms with Gasteiger partial charge in [-0.05, 0) is 55.8 Å². The number of anilines is 1. The number of amides is 1. The number of hydrogen-bond acceptors (Lipinski definition) is 2. The number of carbonyl (C=O) groups excluding carboxylic acids is 1. The van der Waals surface area contributed by atoms with E-state index in [4.69, 9.17) is 0 Å². The summed E-state index contributed by atoms with van der Waals surface area (Å²) in [6.45, 7) is 3.07. The molecule has 0 bridgehead atoms. The molecular weight excluding hydrogens is 236 g/mol. The van der Waals surface area contributed by atoms with E-state index in [2.05, 4.69) is 24.4 Å². The summed E-state index contributed by atoms with van der Waals surface area (Å²) in [5.74, 6) is 1.50. The fourth-order valence-corrected chi connectivity index (χ4v) is 3.63. The molecular formula is C16H22N2O. The van der Waals surface area contributed by atoms with Crippen LogP contribution in [0, 0.1) is 18.8 Å². The van der Waals surface area contributed by atoms with Crippen LogP contribution in [0.2, 0.25) is 0 Å². The Bertz CT molecular complexity index is 485. The minimum Gasteiger partial charge on any atom is -0.314 e. The van der Waals surface area contributed by atoms with E-state index in [-0.39, 0.29) is 11.9 Å². The number of aryl methyl sites for hydroxylation is 1. The molecule has 3 heteroatoms. The molecule has 3 unspecified atom stereocenters. The Balaban J connectivity index is 1.76. The van der Waals surface area contributed by atoms with Crippen molar-refractivity contribution in [1.82, 2.24) is 5.32 Å². The topological polar surface area (TPSA) is 32.3 Å². The fourth-order valence-electron chi connectivity index (χ4n) is 3.63. The summed E-state index contributed by atoms with van der Waals surface area (Å²) < 4.78 is 0. The van der Waals surface area contributed by atoms with Gasteiger partial charge in [-0.1, -0.05) is 18.6 Å². The van der Waals surface area contributed by atoms with Crippen molar-refractivity contribution < 1.29 is 4.79 Å². The Kier molecular flexibility index (Phi) is 3.31. The molecule has 3 rings (SSSR count). The molecule has 0 spiro atoms. The van der Waals surface area contributed by atoms with Crippen LogP contribution in [-0.4, -0.2) is 25.5 Å². The quantitative estimate of drug-likeness (QED) is 0.883. The molecule has 1 aliphatic heterocycles. The molecule has 0 radical (unpaired) electrons. The van der Waals surface area contributed by atoms with Crippen LogP contribution in [0.4, 0.5) is 5.69 Å². The minimum atomic E-state index is 0.0259.